The number of carbonyl (C=O) groups is 3. The average Bonchev–Trinajstić information content (AvgIpc) is 3.45. The van der Waals surface area contributed by atoms with Gasteiger partial charge in [0, 0.05) is 25.7 Å². The van der Waals surface area contributed by atoms with Gasteiger partial charge in [-0.05, 0) is 24.5 Å². The Kier molecular flexibility index (Phi) is 9.98. The Morgan fingerprint density at radius 2 is 1.52 bits per heavy atom. The number of benzene rings is 2. The van der Waals surface area contributed by atoms with Gasteiger partial charge in [-0.3, -0.25) is 9.59 Å². The standard InChI is InChI=1S/C32H41NO7/c1-3-12-27-22-28(21-24(2)33(27)19-10-11-20-33)40-31(37)32(25-13-6-4-7-14-25,26-15-8-5-9-16-26)39-23-38-30(36)18-17-29(34)35/h4-9,13-16,24,27-28H,3,10-12,17-23H2,1-2H3/p+1. The molecule has 0 radical (unpaired) electrons. The van der Waals surface area contributed by atoms with Gasteiger partial charge in [-0.25, -0.2) is 4.79 Å². The smallest absolute Gasteiger partial charge is 0.348 e. The predicted octanol–water partition coefficient (Wildman–Crippen LogP) is 5.19. The molecule has 0 aliphatic carbocycles. The Hall–Kier alpha value is -3.23. The third kappa shape index (κ3) is 6.39. The number of rotatable bonds is 12. The fourth-order valence-corrected chi connectivity index (χ4v) is 6.77. The van der Waals surface area contributed by atoms with Gasteiger partial charge in [0.25, 0.3) is 0 Å². The van der Waals surface area contributed by atoms with Crippen LogP contribution in [0.25, 0.3) is 0 Å². The number of ether oxygens (including phenoxy) is 3. The van der Waals surface area contributed by atoms with Crippen molar-refractivity contribution in [1.82, 2.24) is 0 Å². The summed E-state index contributed by atoms with van der Waals surface area (Å²) < 4.78 is 18.9. The summed E-state index contributed by atoms with van der Waals surface area (Å²) in [6.45, 7) is 6.37. The first kappa shape index (κ1) is 29.7. The van der Waals surface area contributed by atoms with Crippen LogP contribution in [0.1, 0.15) is 76.3 Å². The second-order valence-corrected chi connectivity index (χ2v) is 11.1. The van der Waals surface area contributed by atoms with Crippen molar-refractivity contribution in [3.05, 3.63) is 71.8 Å². The molecule has 2 aliphatic rings. The summed E-state index contributed by atoms with van der Waals surface area (Å²) in [7, 11) is 0. The van der Waals surface area contributed by atoms with Gasteiger partial charge >= 0.3 is 17.9 Å². The Balaban J connectivity index is 1.62. The normalized spacial score (nSPS) is 22.1. The van der Waals surface area contributed by atoms with Crippen LogP contribution < -0.4 is 0 Å². The van der Waals surface area contributed by atoms with Crippen LogP contribution in [0.2, 0.25) is 0 Å². The zero-order chi connectivity index (χ0) is 28.6. The van der Waals surface area contributed by atoms with E-state index >= 15 is 0 Å². The van der Waals surface area contributed by atoms with Crippen molar-refractivity contribution in [2.24, 2.45) is 0 Å². The van der Waals surface area contributed by atoms with Crippen molar-refractivity contribution in [3.63, 3.8) is 0 Å². The highest BCUT2D eigenvalue weighted by Crippen LogP contribution is 2.41. The lowest BCUT2D eigenvalue weighted by Crippen LogP contribution is -2.63. The van der Waals surface area contributed by atoms with Crippen LogP contribution in [0.3, 0.4) is 0 Å². The minimum absolute atomic E-state index is 0.253. The van der Waals surface area contributed by atoms with Crippen molar-refractivity contribution >= 4 is 17.9 Å². The fraction of sp³-hybridized carbons (Fsp3) is 0.531. The maximum atomic E-state index is 14.3. The molecule has 216 valence electrons. The van der Waals surface area contributed by atoms with Crippen LogP contribution in [0.5, 0.6) is 0 Å². The fourth-order valence-electron chi connectivity index (χ4n) is 6.77. The summed E-state index contributed by atoms with van der Waals surface area (Å²) in [5.41, 5.74) is -0.550. The van der Waals surface area contributed by atoms with Crippen LogP contribution in [-0.2, 0) is 34.2 Å². The lowest BCUT2D eigenvalue weighted by Gasteiger charge is -2.51. The van der Waals surface area contributed by atoms with E-state index in [2.05, 4.69) is 13.8 Å². The van der Waals surface area contributed by atoms with Gasteiger partial charge in [0.2, 0.25) is 5.60 Å². The number of aliphatic carboxylic acids is 1. The van der Waals surface area contributed by atoms with Crippen LogP contribution in [-0.4, -0.2) is 65.6 Å². The Morgan fingerprint density at radius 1 is 0.925 bits per heavy atom. The molecule has 1 spiro atoms. The van der Waals surface area contributed by atoms with E-state index in [-0.39, 0.29) is 18.9 Å². The van der Waals surface area contributed by atoms with Gasteiger partial charge in [-0.15, -0.1) is 0 Å². The monoisotopic (exact) mass is 552 g/mol. The summed E-state index contributed by atoms with van der Waals surface area (Å²) >= 11 is 0. The quantitative estimate of drug-likeness (QED) is 0.220. The van der Waals surface area contributed by atoms with E-state index < -0.39 is 30.3 Å². The topological polar surface area (TPSA) is 99.1 Å². The predicted molar refractivity (Wildman–Crippen MR) is 149 cm³/mol. The van der Waals surface area contributed by atoms with E-state index in [4.69, 9.17) is 19.3 Å². The first-order valence-electron chi connectivity index (χ1n) is 14.5. The van der Waals surface area contributed by atoms with Crippen molar-refractivity contribution in [3.8, 4) is 0 Å². The third-order valence-corrected chi connectivity index (χ3v) is 8.72. The highest BCUT2D eigenvalue weighted by Gasteiger charge is 2.52. The summed E-state index contributed by atoms with van der Waals surface area (Å²) in [6, 6.07) is 19.0. The molecule has 0 amide bonds. The largest absolute Gasteiger partial charge is 0.481 e. The Bertz CT molecular complexity index is 1090. The second kappa shape index (κ2) is 13.4. The van der Waals surface area contributed by atoms with E-state index in [0.717, 1.165) is 30.2 Å². The summed E-state index contributed by atoms with van der Waals surface area (Å²) in [6.07, 6.45) is 5.41. The van der Waals surface area contributed by atoms with E-state index in [1.807, 2.05) is 36.4 Å². The molecule has 8 nitrogen and oxygen atoms in total. The van der Waals surface area contributed by atoms with Gasteiger partial charge in [-0.2, -0.15) is 0 Å². The van der Waals surface area contributed by atoms with Gasteiger partial charge in [0.1, 0.15) is 6.10 Å². The van der Waals surface area contributed by atoms with Gasteiger partial charge in [-0.1, -0.05) is 74.0 Å². The molecule has 2 aromatic carbocycles. The number of esters is 2. The lowest BCUT2D eigenvalue weighted by molar-refractivity contribution is -0.967. The zero-order valence-electron chi connectivity index (χ0n) is 23.6. The molecule has 2 saturated heterocycles. The molecule has 0 saturated carbocycles. The summed E-state index contributed by atoms with van der Waals surface area (Å²) in [4.78, 5) is 37.4. The maximum absolute atomic E-state index is 14.3. The molecule has 3 atom stereocenters. The number of carboxylic acid groups (broad SMARTS) is 1. The zero-order valence-corrected chi connectivity index (χ0v) is 23.6. The number of quaternary nitrogens is 1. The number of carboxylic acids is 1. The van der Waals surface area contributed by atoms with Crippen molar-refractivity contribution in [2.75, 3.05) is 19.9 Å². The maximum Gasteiger partial charge on any atom is 0.348 e. The molecule has 0 bridgehead atoms. The minimum atomic E-state index is -1.67. The van der Waals surface area contributed by atoms with Gasteiger partial charge in [0.05, 0.1) is 38.0 Å². The van der Waals surface area contributed by atoms with Crippen molar-refractivity contribution < 1.29 is 38.2 Å². The van der Waals surface area contributed by atoms with Crippen molar-refractivity contribution in [1.29, 1.82) is 0 Å². The number of piperidine rings is 1. The average molecular weight is 553 g/mol. The first-order valence-corrected chi connectivity index (χ1v) is 14.5. The van der Waals surface area contributed by atoms with Crippen LogP contribution in [0.15, 0.2) is 60.7 Å². The molecule has 4 rings (SSSR count). The van der Waals surface area contributed by atoms with E-state index in [1.165, 1.54) is 25.9 Å². The van der Waals surface area contributed by atoms with E-state index in [0.29, 0.717) is 23.2 Å². The second-order valence-electron chi connectivity index (χ2n) is 11.1. The molecule has 1 N–H and O–H groups in total. The number of nitrogens with zero attached hydrogens (tertiary/aromatic N) is 1. The molecular formula is C32H42NO7+. The van der Waals surface area contributed by atoms with E-state index in [1.54, 1.807) is 24.3 Å². The van der Waals surface area contributed by atoms with Crippen LogP contribution >= 0.6 is 0 Å². The van der Waals surface area contributed by atoms with Crippen molar-refractivity contribution in [2.45, 2.75) is 89.0 Å². The third-order valence-electron chi connectivity index (χ3n) is 8.72. The molecule has 3 unspecified atom stereocenters. The summed E-state index contributed by atoms with van der Waals surface area (Å²) in [5, 5.41) is 8.88. The van der Waals surface area contributed by atoms with Crippen LogP contribution in [0, 0.1) is 0 Å². The number of carbonyl (C=O) groups excluding carboxylic acids is 2. The molecule has 2 fully saturated rings. The van der Waals surface area contributed by atoms with Gasteiger partial charge < -0.3 is 23.8 Å². The van der Waals surface area contributed by atoms with Crippen LogP contribution in [0.4, 0.5) is 0 Å². The molecule has 8 heteroatoms. The molecule has 2 heterocycles. The Labute approximate surface area is 236 Å². The summed E-state index contributed by atoms with van der Waals surface area (Å²) in [5.74, 6) is -2.35. The van der Waals surface area contributed by atoms with E-state index in [9.17, 15) is 14.4 Å². The molecular weight excluding hydrogens is 510 g/mol. The van der Waals surface area contributed by atoms with Gasteiger partial charge in [0.15, 0.2) is 6.79 Å². The minimum Gasteiger partial charge on any atom is -0.481 e. The lowest BCUT2D eigenvalue weighted by atomic mass is 9.85. The number of hydrogen-bond donors (Lipinski definition) is 1. The highest BCUT2D eigenvalue weighted by molar-refractivity contribution is 5.86. The number of hydrogen-bond acceptors (Lipinski definition) is 6. The molecule has 2 aromatic rings. The molecule has 40 heavy (non-hydrogen) atoms. The molecule has 2 aliphatic heterocycles. The molecule has 0 aromatic heterocycles. The first-order chi connectivity index (χ1) is 19.3. The Morgan fingerprint density at radius 3 is 2.08 bits per heavy atom. The highest BCUT2D eigenvalue weighted by atomic mass is 16.7. The SMILES string of the molecule is CCCC1CC(OC(=O)C(OCOC(=O)CCC(=O)O)(c2ccccc2)c2ccccc2)CC(C)[N+]12CCCC2.